The van der Waals surface area contributed by atoms with Crippen molar-refractivity contribution in [2.45, 2.75) is 18.9 Å². The summed E-state index contributed by atoms with van der Waals surface area (Å²) in [4.78, 5) is 23.6. The summed E-state index contributed by atoms with van der Waals surface area (Å²) in [5.74, 6) is 0.360. The second-order valence-electron chi connectivity index (χ2n) is 4.51. The molecule has 0 spiro atoms. The van der Waals surface area contributed by atoms with E-state index in [9.17, 15) is 9.59 Å². The molecule has 106 valence electrons. The van der Waals surface area contributed by atoms with E-state index in [4.69, 9.17) is 14.2 Å². The van der Waals surface area contributed by atoms with Gasteiger partial charge in [-0.05, 0) is 31.0 Å². The van der Waals surface area contributed by atoms with E-state index < -0.39 is 12.0 Å². The summed E-state index contributed by atoms with van der Waals surface area (Å²) in [7, 11) is 0. The van der Waals surface area contributed by atoms with Crippen molar-refractivity contribution in [3.63, 3.8) is 0 Å². The highest BCUT2D eigenvalue weighted by Gasteiger charge is 2.24. The Morgan fingerprint density at radius 3 is 2.80 bits per heavy atom. The third kappa shape index (κ3) is 2.53. The van der Waals surface area contributed by atoms with Crippen LogP contribution in [0, 0.1) is 0 Å². The zero-order valence-electron chi connectivity index (χ0n) is 10.7. The topological polar surface area (TPSA) is 85.9 Å². The summed E-state index contributed by atoms with van der Waals surface area (Å²) < 4.78 is 15.6. The molecule has 2 aliphatic heterocycles. The summed E-state index contributed by atoms with van der Waals surface area (Å²) in [5, 5.41) is 0. The van der Waals surface area contributed by atoms with E-state index in [1.54, 1.807) is 18.2 Å². The Hall–Kier alpha value is -2.28. The Morgan fingerprint density at radius 1 is 1.15 bits per heavy atom. The Morgan fingerprint density at radius 2 is 2.00 bits per heavy atom. The fourth-order valence-corrected chi connectivity index (χ4v) is 2.09. The Balaban J connectivity index is 1.57. The molecule has 1 aromatic carbocycles. The number of amides is 2. The van der Waals surface area contributed by atoms with Gasteiger partial charge in [-0.25, -0.2) is 0 Å². The van der Waals surface area contributed by atoms with Crippen molar-refractivity contribution in [2.24, 2.45) is 0 Å². The quantitative estimate of drug-likeness (QED) is 0.763. The van der Waals surface area contributed by atoms with Crippen LogP contribution >= 0.6 is 0 Å². The first-order valence-corrected chi connectivity index (χ1v) is 6.35. The minimum absolute atomic E-state index is 0.149. The molecule has 0 aromatic heterocycles. The van der Waals surface area contributed by atoms with Crippen LogP contribution in [0.1, 0.15) is 23.2 Å². The van der Waals surface area contributed by atoms with Gasteiger partial charge >= 0.3 is 0 Å². The van der Waals surface area contributed by atoms with Gasteiger partial charge in [-0.3, -0.25) is 20.4 Å². The number of hydrogen-bond acceptors (Lipinski definition) is 5. The highest BCUT2D eigenvalue weighted by atomic mass is 16.7. The molecule has 0 aliphatic carbocycles. The molecule has 1 fully saturated rings. The molecule has 1 saturated heterocycles. The second-order valence-corrected chi connectivity index (χ2v) is 4.51. The highest BCUT2D eigenvalue weighted by molar-refractivity contribution is 5.96. The van der Waals surface area contributed by atoms with E-state index in [0.29, 0.717) is 30.1 Å². The SMILES string of the molecule is O=C(NNC(=O)[C@H]1CCCO1)c1ccc2c(c1)OCO2. The number of benzene rings is 1. The second kappa shape index (κ2) is 5.38. The molecule has 0 unspecified atom stereocenters. The third-order valence-electron chi connectivity index (χ3n) is 3.16. The normalized spacial score (nSPS) is 19.7. The first kappa shape index (κ1) is 12.7. The van der Waals surface area contributed by atoms with Gasteiger partial charge < -0.3 is 14.2 Å². The lowest BCUT2D eigenvalue weighted by atomic mass is 10.2. The van der Waals surface area contributed by atoms with Gasteiger partial charge in [0.05, 0.1) is 0 Å². The molecule has 1 atom stereocenters. The average Bonchev–Trinajstić information content (AvgIpc) is 3.13. The molecule has 2 amide bonds. The number of ether oxygens (including phenoxy) is 3. The maximum Gasteiger partial charge on any atom is 0.269 e. The number of carbonyl (C=O) groups is 2. The van der Waals surface area contributed by atoms with E-state index in [2.05, 4.69) is 10.9 Å². The number of rotatable bonds is 2. The molecule has 3 rings (SSSR count). The smallest absolute Gasteiger partial charge is 0.269 e. The van der Waals surface area contributed by atoms with Gasteiger partial charge in [-0.2, -0.15) is 0 Å². The van der Waals surface area contributed by atoms with Crippen LogP contribution in [0.25, 0.3) is 0 Å². The average molecular weight is 278 g/mol. The van der Waals surface area contributed by atoms with Crippen molar-refractivity contribution in [1.82, 2.24) is 10.9 Å². The van der Waals surface area contributed by atoms with Gasteiger partial charge in [0.25, 0.3) is 11.8 Å². The first-order chi connectivity index (χ1) is 9.74. The fourth-order valence-electron chi connectivity index (χ4n) is 2.09. The van der Waals surface area contributed by atoms with Crippen molar-refractivity contribution in [2.75, 3.05) is 13.4 Å². The zero-order valence-corrected chi connectivity index (χ0v) is 10.7. The predicted molar refractivity (Wildman–Crippen MR) is 67.1 cm³/mol. The monoisotopic (exact) mass is 278 g/mol. The lowest BCUT2D eigenvalue weighted by Gasteiger charge is -2.11. The summed E-state index contributed by atoms with van der Waals surface area (Å²) in [5.41, 5.74) is 5.08. The highest BCUT2D eigenvalue weighted by Crippen LogP contribution is 2.32. The summed E-state index contributed by atoms with van der Waals surface area (Å²) in [6.07, 6.45) is 1.05. The van der Waals surface area contributed by atoms with Crippen molar-refractivity contribution in [1.29, 1.82) is 0 Å². The standard InChI is InChI=1S/C13H14N2O5/c16-12(14-15-13(17)10-2-1-5-18-10)8-3-4-9-11(6-8)20-7-19-9/h3-4,6,10H,1-2,5,7H2,(H,14,16)(H,15,17)/t10-/m1/s1. The number of hydrazine groups is 1. The van der Waals surface area contributed by atoms with E-state index in [1.807, 2.05) is 0 Å². The Bertz CT molecular complexity index is 540. The molecule has 0 radical (unpaired) electrons. The van der Waals surface area contributed by atoms with Gasteiger partial charge in [0, 0.05) is 12.2 Å². The van der Waals surface area contributed by atoms with Gasteiger partial charge in [-0.15, -0.1) is 0 Å². The lowest BCUT2D eigenvalue weighted by molar-refractivity contribution is -0.130. The van der Waals surface area contributed by atoms with E-state index in [1.165, 1.54) is 0 Å². The molecular weight excluding hydrogens is 264 g/mol. The van der Waals surface area contributed by atoms with Crippen LogP contribution in [0.2, 0.25) is 0 Å². The van der Waals surface area contributed by atoms with Crippen LogP contribution in [0.5, 0.6) is 11.5 Å². The first-order valence-electron chi connectivity index (χ1n) is 6.35. The number of nitrogens with one attached hydrogen (secondary N) is 2. The van der Waals surface area contributed by atoms with Crippen LogP contribution in [0.3, 0.4) is 0 Å². The van der Waals surface area contributed by atoms with Gasteiger partial charge in [0.1, 0.15) is 6.10 Å². The zero-order chi connectivity index (χ0) is 13.9. The largest absolute Gasteiger partial charge is 0.454 e. The minimum Gasteiger partial charge on any atom is -0.454 e. The van der Waals surface area contributed by atoms with E-state index in [-0.39, 0.29) is 12.7 Å². The maximum absolute atomic E-state index is 11.9. The summed E-state index contributed by atoms with van der Waals surface area (Å²) in [6.45, 7) is 0.727. The predicted octanol–water partition coefficient (Wildman–Crippen LogP) is 0.355. The van der Waals surface area contributed by atoms with Crippen LogP contribution in [-0.2, 0) is 9.53 Å². The van der Waals surface area contributed by atoms with Crippen molar-refractivity contribution >= 4 is 11.8 Å². The number of carbonyl (C=O) groups excluding carboxylic acids is 2. The fraction of sp³-hybridized carbons (Fsp3) is 0.385. The molecule has 0 bridgehead atoms. The lowest BCUT2D eigenvalue weighted by Crippen LogP contribution is -2.46. The van der Waals surface area contributed by atoms with Crippen LogP contribution in [0.15, 0.2) is 18.2 Å². The van der Waals surface area contributed by atoms with E-state index >= 15 is 0 Å². The summed E-state index contributed by atoms with van der Waals surface area (Å²) >= 11 is 0. The van der Waals surface area contributed by atoms with Crippen LogP contribution in [-0.4, -0.2) is 31.3 Å². The number of hydrogen-bond donors (Lipinski definition) is 2. The van der Waals surface area contributed by atoms with Gasteiger partial charge in [0.2, 0.25) is 6.79 Å². The van der Waals surface area contributed by atoms with Crippen LogP contribution in [0.4, 0.5) is 0 Å². The van der Waals surface area contributed by atoms with Crippen molar-refractivity contribution < 1.29 is 23.8 Å². The number of fused-ring (bicyclic) bond motifs is 1. The molecule has 1 aromatic rings. The molecule has 7 nitrogen and oxygen atoms in total. The van der Waals surface area contributed by atoms with Gasteiger partial charge in [-0.1, -0.05) is 0 Å². The Labute approximate surface area is 115 Å². The molecule has 2 aliphatic rings. The molecule has 0 saturated carbocycles. The van der Waals surface area contributed by atoms with Crippen LogP contribution < -0.4 is 20.3 Å². The summed E-state index contributed by atoms with van der Waals surface area (Å²) in [6, 6.07) is 4.82. The van der Waals surface area contributed by atoms with Crippen molar-refractivity contribution in [3.05, 3.63) is 23.8 Å². The van der Waals surface area contributed by atoms with Crippen molar-refractivity contribution in [3.8, 4) is 11.5 Å². The molecule has 7 heteroatoms. The molecular formula is C13H14N2O5. The Kier molecular flexibility index (Phi) is 3.42. The third-order valence-corrected chi connectivity index (χ3v) is 3.16. The minimum atomic E-state index is -0.480. The van der Waals surface area contributed by atoms with E-state index in [0.717, 1.165) is 6.42 Å². The molecule has 2 heterocycles. The van der Waals surface area contributed by atoms with Gasteiger partial charge in [0.15, 0.2) is 11.5 Å². The molecule has 20 heavy (non-hydrogen) atoms. The maximum atomic E-state index is 11.9. The molecule has 2 N–H and O–H groups in total.